The lowest BCUT2D eigenvalue weighted by atomic mass is 10.0. The summed E-state index contributed by atoms with van der Waals surface area (Å²) >= 11 is 0. The van der Waals surface area contributed by atoms with Gasteiger partial charge in [0, 0.05) is 19.1 Å². The van der Waals surface area contributed by atoms with Gasteiger partial charge in [-0.25, -0.2) is 23.5 Å². The van der Waals surface area contributed by atoms with Gasteiger partial charge in [0.05, 0.1) is 12.6 Å². The zero-order valence-electron chi connectivity index (χ0n) is 17.5. The van der Waals surface area contributed by atoms with Crippen molar-refractivity contribution in [1.82, 2.24) is 14.9 Å². The molecule has 10 heteroatoms. The highest BCUT2D eigenvalue weighted by atomic mass is 19.1. The molecular weight excluding hydrogens is 408 g/mol. The van der Waals surface area contributed by atoms with Gasteiger partial charge in [0.1, 0.15) is 30.3 Å². The van der Waals surface area contributed by atoms with Gasteiger partial charge >= 0.3 is 6.09 Å². The molecule has 1 saturated heterocycles. The third-order valence-corrected chi connectivity index (χ3v) is 5.34. The van der Waals surface area contributed by atoms with E-state index in [1.807, 2.05) is 13.8 Å². The van der Waals surface area contributed by atoms with Crippen molar-refractivity contribution >= 4 is 23.4 Å². The van der Waals surface area contributed by atoms with Crippen LogP contribution in [0, 0.1) is 11.6 Å². The summed E-state index contributed by atoms with van der Waals surface area (Å²) in [5.74, 6) is -0.306. The number of rotatable bonds is 4. The van der Waals surface area contributed by atoms with E-state index in [4.69, 9.17) is 9.47 Å². The minimum Gasteiger partial charge on any atom is -0.485 e. The molecule has 166 valence electrons. The predicted octanol–water partition coefficient (Wildman–Crippen LogP) is 3.71. The Morgan fingerprint density at radius 2 is 1.90 bits per heavy atom. The van der Waals surface area contributed by atoms with Gasteiger partial charge in [0.15, 0.2) is 11.6 Å². The molecule has 0 aliphatic carbocycles. The van der Waals surface area contributed by atoms with Crippen molar-refractivity contribution in [2.45, 2.75) is 38.8 Å². The number of carbonyl (C=O) groups excluding carboxylic acids is 1. The summed E-state index contributed by atoms with van der Waals surface area (Å²) in [7, 11) is 0. The second-order valence-corrected chi connectivity index (χ2v) is 7.79. The fourth-order valence-electron chi connectivity index (χ4n) is 3.87. The van der Waals surface area contributed by atoms with Crippen LogP contribution in [-0.2, 0) is 4.74 Å². The lowest BCUT2D eigenvalue weighted by Crippen LogP contribution is -2.49. The van der Waals surface area contributed by atoms with E-state index in [9.17, 15) is 13.6 Å². The van der Waals surface area contributed by atoms with Crippen LogP contribution in [0.4, 0.5) is 30.9 Å². The quantitative estimate of drug-likeness (QED) is 0.787. The maximum atomic E-state index is 14.1. The normalized spacial score (nSPS) is 16.7. The monoisotopic (exact) mass is 433 g/mol. The number of piperidine rings is 1. The van der Waals surface area contributed by atoms with Crippen LogP contribution in [-0.4, -0.2) is 59.3 Å². The first-order valence-corrected chi connectivity index (χ1v) is 10.3. The summed E-state index contributed by atoms with van der Waals surface area (Å²) in [4.78, 5) is 24.5. The molecule has 0 saturated carbocycles. The van der Waals surface area contributed by atoms with Crippen LogP contribution in [0.1, 0.15) is 26.7 Å². The number of hydrogen-bond acceptors (Lipinski definition) is 7. The molecule has 1 N–H and O–H groups in total. The van der Waals surface area contributed by atoms with Crippen LogP contribution in [0.5, 0.6) is 5.75 Å². The van der Waals surface area contributed by atoms with Crippen molar-refractivity contribution < 1.29 is 23.0 Å². The number of nitrogens with one attached hydrogen (secondary N) is 1. The molecule has 1 amide bonds. The Labute approximate surface area is 179 Å². The number of amides is 1. The Bertz CT molecular complexity index is 930. The van der Waals surface area contributed by atoms with Gasteiger partial charge in [0.25, 0.3) is 0 Å². The summed E-state index contributed by atoms with van der Waals surface area (Å²) in [6.45, 7) is 5.84. The number of likely N-dealkylation sites (tertiary alicyclic amines) is 1. The summed E-state index contributed by atoms with van der Waals surface area (Å²) in [5.41, 5.74) is -0.291. The zero-order valence-corrected chi connectivity index (χ0v) is 17.5. The van der Waals surface area contributed by atoms with E-state index in [1.54, 1.807) is 4.90 Å². The average Bonchev–Trinajstić information content (AvgIpc) is 2.76. The first-order chi connectivity index (χ1) is 14.9. The zero-order chi connectivity index (χ0) is 22.0. The van der Waals surface area contributed by atoms with Crippen LogP contribution in [0.25, 0.3) is 0 Å². The van der Waals surface area contributed by atoms with Crippen molar-refractivity contribution in [3.05, 3.63) is 36.2 Å². The third kappa shape index (κ3) is 4.47. The number of nitrogens with zero attached hydrogens (tertiary/aromatic N) is 4. The van der Waals surface area contributed by atoms with Crippen LogP contribution in [0.15, 0.2) is 24.5 Å². The third-order valence-electron chi connectivity index (χ3n) is 5.34. The maximum Gasteiger partial charge on any atom is 0.410 e. The Morgan fingerprint density at radius 3 is 2.58 bits per heavy atom. The smallest absolute Gasteiger partial charge is 0.410 e. The first kappa shape index (κ1) is 21.1. The summed E-state index contributed by atoms with van der Waals surface area (Å²) < 4.78 is 39.2. The second kappa shape index (κ2) is 8.91. The van der Waals surface area contributed by atoms with E-state index in [0.29, 0.717) is 37.8 Å². The molecule has 0 radical (unpaired) electrons. The fraction of sp³-hybridized carbons (Fsp3) is 0.476. The highest BCUT2D eigenvalue weighted by Crippen LogP contribution is 2.39. The van der Waals surface area contributed by atoms with E-state index in [1.165, 1.54) is 24.5 Å². The lowest BCUT2D eigenvalue weighted by Gasteiger charge is -2.41. The van der Waals surface area contributed by atoms with Crippen LogP contribution < -0.4 is 15.0 Å². The molecule has 1 aromatic heterocycles. The molecular formula is C21H25F2N5O3. The number of ether oxygens (including phenoxy) is 2. The summed E-state index contributed by atoms with van der Waals surface area (Å²) in [6, 6.07) is 3.79. The molecule has 4 rings (SSSR count). The second-order valence-electron chi connectivity index (χ2n) is 7.79. The van der Waals surface area contributed by atoms with Gasteiger partial charge in [-0.3, -0.25) is 0 Å². The molecule has 0 spiro atoms. The number of fused-ring (bicyclic) bond motifs is 1. The standard InChI is InChI=1S/C21H25F2N5O3/c1-13(2)31-21(29)27-8-6-14(7-9-27)28-10-11-30-18-19(24-12-25-20(18)28)26-17-15(22)4-3-5-16(17)23/h3-5,12-14H,6-11H2,1-2H3,(H,24,25,26). The number of aromatic nitrogens is 2. The Balaban J connectivity index is 1.51. The SMILES string of the molecule is CC(C)OC(=O)N1CCC(N2CCOc3c(Nc4c(F)cccc4F)ncnc32)CC1. The van der Waals surface area contributed by atoms with E-state index in [-0.39, 0.29) is 29.7 Å². The van der Waals surface area contributed by atoms with Gasteiger partial charge in [-0.05, 0) is 38.8 Å². The number of halogens is 2. The van der Waals surface area contributed by atoms with Gasteiger partial charge in [-0.2, -0.15) is 0 Å². The Morgan fingerprint density at radius 1 is 1.19 bits per heavy atom. The average molecular weight is 433 g/mol. The molecule has 1 aromatic carbocycles. The fourth-order valence-corrected chi connectivity index (χ4v) is 3.87. The van der Waals surface area contributed by atoms with Crippen molar-refractivity contribution in [3.63, 3.8) is 0 Å². The van der Waals surface area contributed by atoms with E-state index < -0.39 is 11.6 Å². The van der Waals surface area contributed by atoms with Crippen LogP contribution in [0.2, 0.25) is 0 Å². The highest BCUT2D eigenvalue weighted by Gasteiger charge is 2.33. The van der Waals surface area contributed by atoms with Gasteiger partial charge in [0.2, 0.25) is 5.75 Å². The Kier molecular flexibility index (Phi) is 6.06. The number of anilines is 3. The molecule has 2 aliphatic heterocycles. The molecule has 1 fully saturated rings. The topological polar surface area (TPSA) is 79.8 Å². The molecule has 0 bridgehead atoms. The largest absolute Gasteiger partial charge is 0.485 e. The van der Waals surface area contributed by atoms with Crippen molar-refractivity contribution in [3.8, 4) is 5.75 Å². The first-order valence-electron chi connectivity index (χ1n) is 10.3. The maximum absolute atomic E-state index is 14.1. The highest BCUT2D eigenvalue weighted by molar-refractivity contribution is 5.71. The molecule has 0 unspecified atom stereocenters. The minimum absolute atomic E-state index is 0.152. The molecule has 2 aliphatic rings. The van der Waals surface area contributed by atoms with Gasteiger partial charge in [-0.1, -0.05) is 6.07 Å². The minimum atomic E-state index is -0.722. The van der Waals surface area contributed by atoms with Crippen molar-refractivity contribution in [2.24, 2.45) is 0 Å². The van der Waals surface area contributed by atoms with Gasteiger partial charge in [-0.15, -0.1) is 0 Å². The van der Waals surface area contributed by atoms with Crippen molar-refractivity contribution in [1.29, 1.82) is 0 Å². The molecule has 8 nitrogen and oxygen atoms in total. The molecule has 0 atom stereocenters. The molecule has 3 heterocycles. The number of carbonyl (C=O) groups is 1. The van der Waals surface area contributed by atoms with E-state index in [0.717, 1.165) is 12.8 Å². The van der Waals surface area contributed by atoms with Crippen molar-refractivity contribution in [2.75, 3.05) is 36.5 Å². The number of para-hydroxylation sites is 1. The summed E-state index contributed by atoms with van der Waals surface area (Å²) in [5, 5.41) is 2.71. The van der Waals surface area contributed by atoms with Crippen LogP contribution >= 0.6 is 0 Å². The van der Waals surface area contributed by atoms with Crippen LogP contribution in [0.3, 0.4) is 0 Å². The van der Waals surface area contributed by atoms with E-state index >= 15 is 0 Å². The summed E-state index contributed by atoms with van der Waals surface area (Å²) in [6.07, 6.45) is 2.40. The lowest BCUT2D eigenvalue weighted by molar-refractivity contribution is 0.0687. The molecule has 31 heavy (non-hydrogen) atoms. The van der Waals surface area contributed by atoms with E-state index in [2.05, 4.69) is 20.2 Å². The molecule has 2 aromatic rings. The van der Waals surface area contributed by atoms with Gasteiger partial charge < -0.3 is 24.6 Å². The number of hydrogen-bond donors (Lipinski definition) is 1. The Hall–Kier alpha value is -3.17. The predicted molar refractivity (Wildman–Crippen MR) is 111 cm³/mol. The number of benzene rings is 1.